The van der Waals surface area contributed by atoms with E-state index in [0.29, 0.717) is 19.3 Å². The van der Waals surface area contributed by atoms with Crippen molar-refractivity contribution in [3.8, 4) is 0 Å². The predicted molar refractivity (Wildman–Crippen MR) is 289 cm³/mol. The predicted octanol–water partition coefficient (Wildman–Crippen LogP) is 19.7. The van der Waals surface area contributed by atoms with Gasteiger partial charge in [-0.25, -0.2) is 0 Å². The van der Waals surface area contributed by atoms with Gasteiger partial charge in [-0.05, 0) is 70.6 Å². The molecule has 1 atom stereocenters. The number of carbonyl (C=O) groups excluding carboxylic acids is 3. The maximum atomic E-state index is 12.9. The number of esters is 3. The summed E-state index contributed by atoms with van der Waals surface area (Å²) >= 11 is 0. The second kappa shape index (κ2) is 56.2. The lowest BCUT2D eigenvalue weighted by Crippen LogP contribution is -2.30. The van der Waals surface area contributed by atoms with Crippen LogP contribution in [-0.2, 0) is 28.6 Å². The van der Waals surface area contributed by atoms with E-state index in [4.69, 9.17) is 14.2 Å². The molecular weight excluding hydrogens is 829 g/mol. The lowest BCUT2D eigenvalue weighted by Gasteiger charge is -2.18. The molecule has 0 aromatic carbocycles. The Balaban J connectivity index is 4.32. The minimum Gasteiger partial charge on any atom is -0.462 e. The molecule has 0 N–H and O–H groups in total. The smallest absolute Gasteiger partial charge is 0.306 e. The van der Waals surface area contributed by atoms with Crippen molar-refractivity contribution in [2.75, 3.05) is 13.2 Å². The largest absolute Gasteiger partial charge is 0.462 e. The molecule has 0 aliphatic carbocycles. The third-order valence-corrected chi connectivity index (χ3v) is 13.1. The molecule has 0 bridgehead atoms. The van der Waals surface area contributed by atoms with Crippen LogP contribution in [0.3, 0.4) is 0 Å². The summed E-state index contributed by atoms with van der Waals surface area (Å²) in [7, 11) is 0. The van der Waals surface area contributed by atoms with Gasteiger partial charge in [-0.2, -0.15) is 0 Å². The first-order valence-electron chi connectivity index (χ1n) is 29.5. The van der Waals surface area contributed by atoms with E-state index >= 15 is 0 Å². The standard InChI is InChI=1S/C61H112O6/c1-4-7-10-13-16-19-22-25-27-29-31-33-34-36-39-42-45-48-51-54-60(63)66-57-58(56-65-59(62)53-50-47-44-41-38-24-21-18-15-12-9-6-3)67-61(64)55-52-49-46-43-40-37-35-32-30-28-26-23-20-17-14-11-8-5-2/h16,19,22,25,32,35,58H,4-15,17-18,20-21,23-24,26-31,33-34,36-57H2,1-3H3/b19-16-,25-22-,35-32-. The fourth-order valence-corrected chi connectivity index (χ4v) is 8.67. The zero-order valence-electron chi connectivity index (χ0n) is 44.9. The van der Waals surface area contributed by atoms with Crippen LogP contribution in [0.1, 0.15) is 316 Å². The Labute approximate surface area is 416 Å². The van der Waals surface area contributed by atoms with Crippen molar-refractivity contribution in [3.05, 3.63) is 36.5 Å². The van der Waals surface area contributed by atoms with Gasteiger partial charge < -0.3 is 14.2 Å². The Morgan fingerprint density at radius 3 is 0.866 bits per heavy atom. The minimum atomic E-state index is -0.775. The highest BCUT2D eigenvalue weighted by molar-refractivity contribution is 5.71. The number of carbonyl (C=O) groups is 3. The van der Waals surface area contributed by atoms with Crippen LogP contribution in [0.15, 0.2) is 36.5 Å². The van der Waals surface area contributed by atoms with Gasteiger partial charge in [-0.1, -0.05) is 263 Å². The third-order valence-electron chi connectivity index (χ3n) is 13.1. The van der Waals surface area contributed by atoms with E-state index in [1.807, 2.05) is 0 Å². The van der Waals surface area contributed by atoms with Crippen LogP contribution in [-0.4, -0.2) is 37.2 Å². The monoisotopic (exact) mass is 941 g/mol. The Kier molecular flexibility index (Phi) is 54.2. The van der Waals surface area contributed by atoms with Gasteiger partial charge in [-0.3, -0.25) is 14.4 Å². The summed E-state index contributed by atoms with van der Waals surface area (Å²) in [4.78, 5) is 38.1. The number of rotatable bonds is 54. The summed E-state index contributed by atoms with van der Waals surface area (Å²) in [5.41, 5.74) is 0. The molecular formula is C61H112O6. The maximum absolute atomic E-state index is 12.9. The Morgan fingerprint density at radius 2 is 0.537 bits per heavy atom. The van der Waals surface area contributed by atoms with E-state index in [0.717, 1.165) is 64.2 Å². The summed E-state index contributed by atoms with van der Waals surface area (Å²) in [6.45, 7) is 6.64. The Morgan fingerprint density at radius 1 is 0.299 bits per heavy atom. The molecule has 0 aliphatic heterocycles. The fourth-order valence-electron chi connectivity index (χ4n) is 8.67. The van der Waals surface area contributed by atoms with Gasteiger partial charge in [0.25, 0.3) is 0 Å². The van der Waals surface area contributed by atoms with Crippen molar-refractivity contribution in [2.45, 2.75) is 322 Å². The van der Waals surface area contributed by atoms with Crippen LogP contribution >= 0.6 is 0 Å². The van der Waals surface area contributed by atoms with Gasteiger partial charge >= 0.3 is 17.9 Å². The highest BCUT2D eigenvalue weighted by Crippen LogP contribution is 2.16. The van der Waals surface area contributed by atoms with E-state index in [1.165, 1.54) is 212 Å². The molecule has 0 rings (SSSR count). The number of hydrogen-bond acceptors (Lipinski definition) is 6. The molecule has 0 heterocycles. The topological polar surface area (TPSA) is 78.9 Å². The van der Waals surface area contributed by atoms with Crippen LogP contribution in [0.5, 0.6) is 0 Å². The van der Waals surface area contributed by atoms with Crippen molar-refractivity contribution < 1.29 is 28.6 Å². The molecule has 0 aliphatic rings. The van der Waals surface area contributed by atoms with Crippen molar-refractivity contribution >= 4 is 17.9 Å². The van der Waals surface area contributed by atoms with Crippen molar-refractivity contribution in [2.24, 2.45) is 0 Å². The lowest BCUT2D eigenvalue weighted by molar-refractivity contribution is -0.167. The summed E-state index contributed by atoms with van der Waals surface area (Å²) < 4.78 is 16.9. The average molecular weight is 942 g/mol. The molecule has 0 spiro atoms. The molecule has 67 heavy (non-hydrogen) atoms. The summed E-state index contributed by atoms with van der Waals surface area (Å²) in [5.74, 6) is -0.867. The number of unbranched alkanes of at least 4 members (excludes halogenated alkanes) is 38. The molecule has 0 saturated heterocycles. The van der Waals surface area contributed by atoms with E-state index in [-0.39, 0.29) is 31.1 Å². The first kappa shape index (κ1) is 64.6. The first-order chi connectivity index (χ1) is 33.0. The highest BCUT2D eigenvalue weighted by atomic mass is 16.6. The van der Waals surface area contributed by atoms with Gasteiger partial charge in [0, 0.05) is 19.3 Å². The second-order valence-corrected chi connectivity index (χ2v) is 19.9. The average Bonchev–Trinajstić information content (AvgIpc) is 3.33. The normalized spacial score (nSPS) is 12.2. The fraction of sp³-hybridized carbons (Fsp3) is 0.852. The maximum Gasteiger partial charge on any atom is 0.306 e. The molecule has 392 valence electrons. The van der Waals surface area contributed by atoms with Gasteiger partial charge in [0.1, 0.15) is 13.2 Å². The Hall–Kier alpha value is -2.37. The lowest BCUT2D eigenvalue weighted by atomic mass is 10.0. The van der Waals surface area contributed by atoms with Crippen LogP contribution < -0.4 is 0 Å². The molecule has 0 fully saturated rings. The van der Waals surface area contributed by atoms with E-state index in [2.05, 4.69) is 57.2 Å². The third kappa shape index (κ3) is 54.4. The van der Waals surface area contributed by atoms with Crippen molar-refractivity contribution in [3.63, 3.8) is 0 Å². The zero-order chi connectivity index (χ0) is 48.6. The van der Waals surface area contributed by atoms with Crippen LogP contribution in [0.25, 0.3) is 0 Å². The molecule has 1 unspecified atom stereocenters. The minimum absolute atomic E-state index is 0.0728. The second-order valence-electron chi connectivity index (χ2n) is 19.9. The van der Waals surface area contributed by atoms with Crippen LogP contribution in [0.2, 0.25) is 0 Å². The van der Waals surface area contributed by atoms with E-state index < -0.39 is 6.10 Å². The van der Waals surface area contributed by atoms with Crippen molar-refractivity contribution in [1.82, 2.24) is 0 Å². The summed E-state index contributed by atoms with van der Waals surface area (Å²) in [6, 6.07) is 0. The molecule has 0 amide bonds. The molecule has 0 radical (unpaired) electrons. The quantitative estimate of drug-likeness (QED) is 0.0199. The highest BCUT2D eigenvalue weighted by Gasteiger charge is 2.19. The molecule has 0 aromatic rings. The number of ether oxygens (including phenoxy) is 3. The van der Waals surface area contributed by atoms with E-state index in [9.17, 15) is 14.4 Å². The van der Waals surface area contributed by atoms with Crippen LogP contribution in [0.4, 0.5) is 0 Å². The SMILES string of the molecule is CCCCC/C=C\C=C/CCCCCCCCCCCCC(=O)OCC(COC(=O)CCCCCCCCCCCCCC)OC(=O)CCCCCCC/C=C\CCCCCCCCCCC. The molecule has 6 nitrogen and oxygen atoms in total. The van der Waals surface area contributed by atoms with E-state index in [1.54, 1.807) is 0 Å². The molecule has 0 aromatic heterocycles. The van der Waals surface area contributed by atoms with Gasteiger partial charge in [0.05, 0.1) is 0 Å². The van der Waals surface area contributed by atoms with Crippen LogP contribution in [0, 0.1) is 0 Å². The zero-order valence-corrected chi connectivity index (χ0v) is 44.9. The number of allylic oxidation sites excluding steroid dienone is 6. The summed E-state index contributed by atoms with van der Waals surface area (Å²) in [6.07, 6.45) is 67.0. The van der Waals surface area contributed by atoms with Gasteiger partial charge in [0.15, 0.2) is 6.10 Å². The van der Waals surface area contributed by atoms with Gasteiger partial charge in [-0.15, -0.1) is 0 Å². The van der Waals surface area contributed by atoms with Gasteiger partial charge in [0.2, 0.25) is 0 Å². The number of hydrogen-bond donors (Lipinski definition) is 0. The molecule has 6 heteroatoms. The Bertz CT molecular complexity index is 1130. The first-order valence-corrected chi connectivity index (χ1v) is 29.5. The van der Waals surface area contributed by atoms with Crippen molar-refractivity contribution in [1.29, 1.82) is 0 Å². The molecule has 0 saturated carbocycles. The summed E-state index contributed by atoms with van der Waals surface area (Å²) in [5, 5.41) is 0.